The lowest BCUT2D eigenvalue weighted by Gasteiger charge is -2.12. The summed E-state index contributed by atoms with van der Waals surface area (Å²) >= 11 is 1.58. The van der Waals surface area contributed by atoms with Crippen LogP contribution in [0.4, 0.5) is 0 Å². The van der Waals surface area contributed by atoms with Crippen LogP contribution >= 0.6 is 11.3 Å². The van der Waals surface area contributed by atoms with Gasteiger partial charge < -0.3 is 4.74 Å². The number of nitrogens with one attached hydrogen (secondary N) is 1. The van der Waals surface area contributed by atoms with Crippen molar-refractivity contribution in [1.82, 2.24) is 5.43 Å². The van der Waals surface area contributed by atoms with Crippen LogP contribution in [0.15, 0.2) is 46.2 Å². The molecule has 1 N–H and O–H groups in total. The first kappa shape index (κ1) is 15.3. The van der Waals surface area contributed by atoms with Crippen molar-refractivity contribution in [3.63, 3.8) is 0 Å². The van der Waals surface area contributed by atoms with Crippen molar-refractivity contribution in [1.29, 1.82) is 0 Å². The van der Waals surface area contributed by atoms with E-state index >= 15 is 0 Å². The average molecular weight is 302 g/mol. The number of carbonyl (C=O) groups excluding carboxylic acids is 1. The Labute approximate surface area is 128 Å². The van der Waals surface area contributed by atoms with Crippen molar-refractivity contribution < 1.29 is 9.53 Å². The predicted molar refractivity (Wildman–Crippen MR) is 86.1 cm³/mol. The van der Waals surface area contributed by atoms with Crippen LogP contribution in [-0.2, 0) is 4.79 Å². The molecule has 5 heteroatoms. The molecule has 1 heterocycles. The average Bonchev–Trinajstić information content (AvgIpc) is 2.98. The Morgan fingerprint density at radius 1 is 1.38 bits per heavy atom. The van der Waals surface area contributed by atoms with Gasteiger partial charge in [-0.1, -0.05) is 32.0 Å². The summed E-state index contributed by atoms with van der Waals surface area (Å²) in [6.45, 7) is 4.13. The van der Waals surface area contributed by atoms with Gasteiger partial charge in [0.25, 0.3) is 5.91 Å². The van der Waals surface area contributed by atoms with E-state index in [4.69, 9.17) is 4.74 Å². The van der Waals surface area contributed by atoms with Crippen molar-refractivity contribution in [2.24, 2.45) is 5.10 Å². The summed E-state index contributed by atoms with van der Waals surface area (Å²) in [5, 5.41) is 7.79. The number of amides is 1. The van der Waals surface area contributed by atoms with E-state index in [0.29, 0.717) is 5.92 Å². The molecule has 4 nitrogen and oxygen atoms in total. The maximum atomic E-state index is 11.7. The zero-order chi connectivity index (χ0) is 15.1. The van der Waals surface area contributed by atoms with Gasteiger partial charge in [-0.2, -0.15) is 16.4 Å². The highest BCUT2D eigenvalue weighted by Gasteiger charge is 2.08. The summed E-state index contributed by atoms with van der Waals surface area (Å²) in [5.74, 6) is 0.811. The minimum absolute atomic E-state index is 0.0509. The number of hydrazone groups is 1. The van der Waals surface area contributed by atoms with Gasteiger partial charge in [0, 0.05) is 5.56 Å². The molecule has 0 unspecified atom stereocenters. The maximum Gasteiger partial charge on any atom is 0.277 e. The van der Waals surface area contributed by atoms with Crippen molar-refractivity contribution in [2.45, 2.75) is 19.8 Å². The fourth-order valence-corrected chi connectivity index (χ4v) is 2.40. The molecule has 0 saturated carbocycles. The van der Waals surface area contributed by atoms with Gasteiger partial charge in [0.05, 0.1) is 6.21 Å². The lowest BCUT2D eigenvalue weighted by atomic mass is 10.0. The Morgan fingerprint density at radius 3 is 2.90 bits per heavy atom. The third-order valence-electron chi connectivity index (χ3n) is 2.85. The number of thiophene rings is 1. The molecule has 0 atom stereocenters. The SMILES string of the molecule is CC(C)c1ccccc1OCC(=O)NN=Cc1ccsc1. The van der Waals surface area contributed by atoms with Crippen LogP contribution in [0.3, 0.4) is 0 Å². The van der Waals surface area contributed by atoms with Crippen LogP contribution in [0.2, 0.25) is 0 Å². The number of benzene rings is 1. The van der Waals surface area contributed by atoms with E-state index in [-0.39, 0.29) is 12.5 Å². The smallest absolute Gasteiger partial charge is 0.277 e. The number of nitrogens with zero attached hydrogens (tertiary/aromatic N) is 1. The molecule has 1 amide bonds. The second-order valence-electron chi connectivity index (χ2n) is 4.83. The monoisotopic (exact) mass is 302 g/mol. The molecule has 2 aromatic rings. The number of hydrogen-bond donors (Lipinski definition) is 1. The lowest BCUT2D eigenvalue weighted by molar-refractivity contribution is -0.123. The molecule has 0 aliphatic heterocycles. The molecule has 2 rings (SSSR count). The van der Waals surface area contributed by atoms with E-state index < -0.39 is 0 Å². The van der Waals surface area contributed by atoms with E-state index in [0.717, 1.165) is 16.9 Å². The van der Waals surface area contributed by atoms with Crippen LogP contribution < -0.4 is 10.2 Å². The number of rotatable bonds is 6. The highest BCUT2D eigenvalue weighted by atomic mass is 32.1. The number of hydrogen-bond acceptors (Lipinski definition) is 4. The van der Waals surface area contributed by atoms with Gasteiger partial charge in [-0.3, -0.25) is 4.79 Å². The summed E-state index contributed by atoms with van der Waals surface area (Å²) in [6, 6.07) is 9.67. The van der Waals surface area contributed by atoms with Gasteiger partial charge in [0.2, 0.25) is 0 Å². The Balaban J connectivity index is 1.84. The van der Waals surface area contributed by atoms with Crippen molar-refractivity contribution in [3.05, 3.63) is 52.2 Å². The van der Waals surface area contributed by atoms with Crippen LogP contribution in [0.5, 0.6) is 5.75 Å². The molecular weight excluding hydrogens is 284 g/mol. The Morgan fingerprint density at radius 2 is 2.19 bits per heavy atom. The van der Waals surface area contributed by atoms with Crippen LogP contribution in [-0.4, -0.2) is 18.7 Å². The second kappa shape index (κ2) is 7.59. The maximum absolute atomic E-state index is 11.7. The Hall–Kier alpha value is -2.14. The molecule has 0 spiro atoms. The molecule has 0 radical (unpaired) electrons. The first-order valence-electron chi connectivity index (χ1n) is 6.72. The number of ether oxygens (including phenoxy) is 1. The van der Waals surface area contributed by atoms with E-state index in [1.807, 2.05) is 41.1 Å². The third-order valence-corrected chi connectivity index (χ3v) is 3.55. The Bertz CT molecular complexity index is 606. The van der Waals surface area contributed by atoms with Crippen LogP contribution in [0.1, 0.15) is 30.9 Å². The molecule has 1 aromatic heterocycles. The highest BCUT2D eigenvalue weighted by Crippen LogP contribution is 2.25. The van der Waals surface area contributed by atoms with Gasteiger partial charge in [-0.05, 0) is 34.4 Å². The lowest BCUT2D eigenvalue weighted by Crippen LogP contribution is -2.24. The first-order valence-corrected chi connectivity index (χ1v) is 7.67. The van der Waals surface area contributed by atoms with Gasteiger partial charge >= 0.3 is 0 Å². The zero-order valence-corrected chi connectivity index (χ0v) is 12.9. The van der Waals surface area contributed by atoms with E-state index in [2.05, 4.69) is 24.4 Å². The molecule has 1 aromatic carbocycles. The molecular formula is C16H18N2O2S. The van der Waals surface area contributed by atoms with Crippen molar-refractivity contribution in [3.8, 4) is 5.75 Å². The van der Waals surface area contributed by atoms with Gasteiger partial charge in [0.15, 0.2) is 6.61 Å². The molecule has 0 saturated heterocycles. The normalized spacial score (nSPS) is 11.0. The molecule has 110 valence electrons. The quantitative estimate of drug-likeness (QED) is 0.657. The predicted octanol–water partition coefficient (Wildman–Crippen LogP) is 3.40. The van der Waals surface area contributed by atoms with E-state index in [9.17, 15) is 4.79 Å². The molecule has 0 fully saturated rings. The summed E-state index contributed by atoms with van der Waals surface area (Å²) in [7, 11) is 0. The van der Waals surface area contributed by atoms with Crippen molar-refractivity contribution >= 4 is 23.5 Å². The minimum atomic E-state index is -0.278. The second-order valence-corrected chi connectivity index (χ2v) is 5.61. The van der Waals surface area contributed by atoms with E-state index in [1.165, 1.54) is 0 Å². The summed E-state index contributed by atoms with van der Waals surface area (Å²) in [6.07, 6.45) is 1.61. The molecule has 0 aliphatic rings. The summed E-state index contributed by atoms with van der Waals surface area (Å²) in [5.41, 5.74) is 4.50. The van der Waals surface area contributed by atoms with Gasteiger partial charge in [0.1, 0.15) is 5.75 Å². The highest BCUT2D eigenvalue weighted by molar-refractivity contribution is 7.08. The third kappa shape index (κ3) is 4.72. The van der Waals surface area contributed by atoms with Crippen LogP contribution in [0, 0.1) is 0 Å². The largest absolute Gasteiger partial charge is 0.483 e. The Kier molecular flexibility index (Phi) is 5.51. The first-order chi connectivity index (χ1) is 10.2. The number of carbonyl (C=O) groups is 1. The summed E-state index contributed by atoms with van der Waals surface area (Å²) in [4.78, 5) is 11.7. The van der Waals surface area contributed by atoms with E-state index in [1.54, 1.807) is 17.6 Å². The topological polar surface area (TPSA) is 50.7 Å². The summed E-state index contributed by atoms with van der Waals surface area (Å²) < 4.78 is 5.56. The standard InChI is InChI=1S/C16H18N2O2S/c1-12(2)14-5-3-4-6-15(14)20-10-16(19)18-17-9-13-7-8-21-11-13/h3-9,11-12H,10H2,1-2H3,(H,18,19). The molecule has 21 heavy (non-hydrogen) atoms. The zero-order valence-electron chi connectivity index (χ0n) is 12.1. The fourth-order valence-electron chi connectivity index (χ4n) is 1.79. The van der Waals surface area contributed by atoms with Gasteiger partial charge in [-0.15, -0.1) is 0 Å². The van der Waals surface area contributed by atoms with Crippen LogP contribution in [0.25, 0.3) is 0 Å². The molecule has 0 aliphatic carbocycles. The molecule has 0 bridgehead atoms. The van der Waals surface area contributed by atoms with Gasteiger partial charge in [-0.25, -0.2) is 5.43 Å². The van der Waals surface area contributed by atoms with Crippen molar-refractivity contribution in [2.75, 3.05) is 6.61 Å². The fraction of sp³-hybridized carbons (Fsp3) is 0.250. The number of para-hydroxylation sites is 1. The minimum Gasteiger partial charge on any atom is -0.483 e.